The van der Waals surface area contributed by atoms with Crippen LogP contribution < -0.4 is 5.32 Å². The van der Waals surface area contributed by atoms with Gasteiger partial charge in [0.1, 0.15) is 0 Å². The van der Waals surface area contributed by atoms with Gasteiger partial charge in [0, 0.05) is 17.0 Å². The van der Waals surface area contributed by atoms with Crippen molar-refractivity contribution in [3.63, 3.8) is 0 Å². The molecule has 17 heavy (non-hydrogen) atoms. The highest BCUT2D eigenvalue weighted by atomic mass is 35.5. The molecule has 0 fully saturated rings. The summed E-state index contributed by atoms with van der Waals surface area (Å²) >= 11 is 9.85. The molecule has 2 atom stereocenters. The predicted octanol–water partition coefficient (Wildman–Crippen LogP) is 4.51. The Hall–Kier alpha value is 0.300. The van der Waals surface area contributed by atoms with E-state index in [9.17, 15) is 0 Å². The summed E-state index contributed by atoms with van der Waals surface area (Å²) in [7, 11) is 0. The Bertz CT molecular complexity index is 364. The van der Waals surface area contributed by atoms with E-state index < -0.39 is 0 Å². The monoisotopic (exact) mass is 289 g/mol. The first-order valence-electron chi connectivity index (χ1n) is 6.32. The number of nitrogens with one attached hydrogen (secondary N) is 1. The van der Waals surface area contributed by atoms with Crippen molar-refractivity contribution in [3.05, 3.63) is 20.8 Å². The molecule has 1 aromatic rings. The van der Waals surface area contributed by atoms with Crippen molar-refractivity contribution in [2.45, 2.75) is 45.2 Å². The maximum Gasteiger partial charge on any atom is 0.0934 e. The number of halogens is 1. The van der Waals surface area contributed by atoms with Crippen LogP contribution in [-0.4, -0.2) is 17.5 Å². The number of aryl methyl sites for hydroxylation is 1. The first kappa shape index (κ1) is 13.7. The van der Waals surface area contributed by atoms with E-state index in [4.69, 9.17) is 11.6 Å². The van der Waals surface area contributed by atoms with Gasteiger partial charge >= 0.3 is 0 Å². The molecule has 0 radical (unpaired) electrons. The van der Waals surface area contributed by atoms with Crippen LogP contribution in [0, 0.1) is 0 Å². The molecule has 2 rings (SSSR count). The van der Waals surface area contributed by atoms with Crippen molar-refractivity contribution in [1.82, 2.24) is 5.32 Å². The second-order valence-electron chi connectivity index (χ2n) is 4.57. The minimum Gasteiger partial charge on any atom is -0.307 e. The van der Waals surface area contributed by atoms with Crippen LogP contribution >= 0.6 is 34.7 Å². The molecule has 0 aliphatic heterocycles. The van der Waals surface area contributed by atoms with Crippen LogP contribution in [0.3, 0.4) is 0 Å². The van der Waals surface area contributed by atoms with Crippen LogP contribution in [0.15, 0.2) is 6.07 Å². The van der Waals surface area contributed by atoms with E-state index in [2.05, 4.69) is 25.2 Å². The van der Waals surface area contributed by atoms with Gasteiger partial charge in [0.05, 0.1) is 4.34 Å². The Balaban J connectivity index is 1.84. The smallest absolute Gasteiger partial charge is 0.0934 e. The van der Waals surface area contributed by atoms with Gasteiger partial charge in [-0.15, -0.1) is 11.3 Å². The molecular weight excluding hydrogens is 270 g/mol. The minimum atomic E-state index is 0.537. The van der Waals surface area contributed by atoms with E-state index >= 15 is 0 Å². The molecule has 0 spiro atoms. The molecule has 1 N–H and O–H groups in total. The molecule has 2 unspecified atom stereocenters. The number of thioether (sulfide) groups is 1. The van der Waals surface area contributed by atoms with Gasteiger partial charge in [-0.2, -0.15) is 11.8 Å². The van der Waals surface area contributed by atoms with E-state index in [1.807, 2.05) is 11.8 Å². The summed E-state index contributed by atoms with van der Waals surface area (Å²) in [5.74, 6) is 2.48. The highest BCUT2D eigenvalue weighted by Crippen LogP contribution is 2.39. The lowest BCUT2D eigenvalue weighted by Gasteiger charge is -2.19. The van der Waals surface area contributed by atoms with Crippen LogP contribution in [-0.2, 0) is 6.42 Å². The van der Waals surface area contributed by atoms with Gasteiger partial charge in [0.25, 0.3) is 0 Å². The molecule has 1 heterocycles. The zero-order chi connectivity index (χ0) is 12.3. The third-order valence-corrected chi connectivity index (χ3v) is 5.50. The normalized spacial score (nSPS) is 20.5. The number of thiophene rings is 1. The fourth-order valence-electron chi connectivity index (χ4n) is 2.33. The molecule has 1 aliphatic carbocycles. The summed E-state index contributed by atoms with van der Waals surface area (Å²) in [6.45, 7) is 4.52. The molecule has 0 saturated heterocycles. The summed E-state index contributed by atoms with van der Waals surface area (Å²) in [5.41, 5.74) is 1.45. The van der Waals surface area contributed by atoms with E-state index in [-0.39, 0.29) is 0 Å². The molecule has 4 heteroatoms. The summed E-state index contributed by atoms with van der Waals surface area (Å²) in [6.07, 6.45) is 3.69. The minimum absolute atomic E-state index is 0.537. The van der Waals surface area contributed by atoms with Crippen molar-refractivity contribution >= 4 is 34.7 Å². The Morgan fingerprint density at radius 2 is 2.47 bits per heavy atom. The van der Waals surface area contributed by atoms with Gasteiger partial charge < -0.3 is 5.32 Å². The molecule has 0 amide bonds. The van der Waals surface area contributed by atoms with E-state index in [1.165, 1.54) is 41.2 Å². The van der Waals surface area contributed by atoms with Crippen LogP contribution in [0.5, 0.6) is 0 Å². The molecule has 0 saturated carbocycles. The van der Waals surface area contributed by atoms with Gasteiger partial charge in [0.2, 0.25) is 0 Å². The van der Waals surface area contributed by atoms with Crippen molar-refractivity contribution in [2.75, 3.05) is 11.5 Å². The maximum absolute atomic E-state index is 6.07. The summed E-state index contributed by atoms with van der Waals surface area (Å²) in [4.78, 5) is 1.49. The SMILES string of the molecule is CCSCCC(C)NC1CCc2sc(Cl)cc21. The topological polar surface area (TPSA) is 12.0 Å². The van der Waals surface area contributed by atoms with E-state index in [0.29, 0.717) is 12.1 Å². The second-order valence-corrected chi connectivity index (χ2v) is 7.74. The van der Waals surface area contributed by atoms with E-state index in [1.54, 1.807) is 11.3 Å². The fraction of sp³-hybridized carbons (Fsp3) is 0.692. The first-order chi connectivity index (χ1) is 8.20. The lowest BCUT2D eigenvalue weighted by atomic mass is 10.1. The number of hydrogen-bond acceptors (Lipinski definition) is 3. The Kier molecular flexibility index (Phi) is 5.22. The predicted molar refractivity (Wildman–Crippen MR) is 80.6 cm³/mol. The maximum atomic E-state index is 6.07. The third kappa shape index (κ3) is 3.63. The van der Waals surface area contributed by atoms with Crippen LogP contribution in [0.25, 0.3) is 0 Å². The molecular formula is C13H20ClNS2. The molecule has 0 bridgehead atoms. The van der Waals surface area contributed by atoms with Crippen LogP contribution in [0.4, 0.5) is 0 Å². The molecule has 1 aliphatic rings. The molecule has 96 valence electrons. The van der Waals surface area contributed by atoms with Gasteiger partial charge in [-0.3, -0.25) is 0 Å². The molecule has 1 aromatic heterocycles. The summed E-state index contributed by atoms with van der Waals surface area (Å²) in [6, 6.07) is 3.29. The number of rotatable bonds is 6. The van der Waals surface area contributed by atoms with Crippen molar-refractivity contribution < 1.29 is 0 Å². The Morgan fingerprint density at radius 1 is 1.65 bits per heavy atom. The average molecular weight is 290 g/mol. The second kappa shape index (κ2) is 6.46. The standard InChI is InChI=1S/C13H20ClNS2/c1-3-16-7-6-9(2)15-11-4-5-12-10(11)8-13(14)17-12/h8-9,11,15H,3-7H2,1-2H3. The van der Waals surface area contributed by atoms with Gasteiger partial charge in [0.15, 0.2) is 0 Å². The number of hydrogen-bond donors (Lipinski definition) is 1. The fourth-order valence-corrected chi connectivity index (χ4v) is 4.50. The quantitative estimate of drug-likeness (QED) is 0.773. The lowest BCUT2D eigenvalue weighted by Crippen LogP contribution is -2.29. The Morgan fingerprint density at radius 3 is 3.24 bits per heavy atom. The van der Waals surface area contributed by atoms with E-state index in [0.717, 1.165) is 4.34 Å². The molecule has 1 nitrogen and oxygen atoms in total. The van der Waals surface area contributed by atoms with Crippen molar-refractivity contribution in [3.8, 4) is 0 Å². The largest absolute Gasteiger partial charge is 0.307 e. The van der Waals surface area contributed by atoms with Gasteiger partial charge in [-0.25, -0.2) is 0 Å². The molecule has 0 aromatic carbocycles. The van der Waals surface area contributed by atoms with Crippen LogP contribution in [0.1, 0.15) is 43.2 Å². The van der Waals surface area contributed by atoms with Gasteiger partial charge in [-0.05, 0) is 49.3 Å². The third-order valence-electron chi connectivity index (χ3n) is 3.23. The Labute approximate surface area is 117 Å². The number of fused-ring (bicyclic) bond motifs is 1. The van der Waals surface area contributed by atoms with Crippen molar-refractivity contribution in [1.29, 1.82) is 0 Å². The van der Waals surface area contributed by atoms with Gasteiger partial charge in [-0.1, -0.05) is 18.5 Å². The summed E-state index contributed by atoms with van der Waals surface area (Å²) < 4.78 is 0.940. The summed E-state index contributed by atoms with van der Waals surface area (Å²) in [5, 5.41) is 3.74. The zero-order valence-corrected chi connectivity index (χ0v) is 12.9. The average Bonchev–Trinajstić information content (AvgIpc) is 2.80. The first-order valence-corrected chi connectivity index (χ1v) is 8.67. The highest BCUT2D eigenvalue weighted by molar-refractivity contribution is 7.99. The highest BCUT2D eigenvalue weighted by Gasteiger charge is 2.25. The van der Waals surface area contributed by atoms with Crippen LogP contribution in [0.2, 0.25) is 4.34 Å². The van der Waals surface area contributed by atoms with Crippen molar-refractivity contribution in [2.24, 2.45) is 0 Å². The lowest BCUT2D eigenvalue weighted by molar-refractivity contribution is 0.446. The zero-order valence-electron chi connectivity index (χ0n) is 10.5.